The van der Waals surface area contributed by atoms with Gasteiger partial charge in [-0.3, -0.25) is 4.79 Å². The minimum atomic E-state index is -0.0663. The van der Waals surface area contributed by atoms with E-state index in [1.54, 1.807) is 13.2 Å². The average molecular weight is 348 g/mol. The summed E-state index contributed by atoms with van der Waals surface area (Å²) in [5.74, 6) is 0.801. The fraction of sp³-hybridized carbons (Fsp3) is 0.227. The van der Waals surface area contributed by atoms with Crippen molar-refractivity contribution in [1.82, 2.24) is 10.3 Å². The molecule has 0 spiro atoms. The van der Waals surface area contributed by atoms with Gasteiger partial charge in [-0.1, -0.05) is 35.9 Å². The molecule has 0 radical (unpaired) electrons. The van der Waals surface area contributed by atoms with Crippen LogP contribution in [-0.4, -0.2) is 24.5 Å². The molecule has 1 heterocycles. The lowest BCUT2D eigenvalue weighted by molar-refractivity contribution is -0.116. The molecule has 26 heavy (non-hydrogen) atoms. The molecule has 134 valence electrons. The van der Waals surface area contributed by atoms with Gasteiger partial charge in [-0.15, -0.1) is 0 Å². The van der Waals surface area contributed by atoms with Gasteiger partial charge in [-0.2, -0.15) is 0 Å². The lowest BCUT2D eigenvalue weighted by atomic mass is 9.90. The highest BCUT2D eigenvalue weighted by molar-refractivity contribution is 5.88. The van der Waals surface area contributed by atoms with Crippen LogP contribution in [0.3, 0.4) is 0 Å². The normalized spacial score (nSPS) is 11.8. The Bertz CT molecular complexity index is 919. The van der Waals surface area contributed by atoms with Gasteiger partial charge >= 0.3 is 0 Å². The number of aromatic nitrogens is 1. The summed E-state index contributed by atoms with van der Waals surface area (Å²) in [7, 11) is 1.66. The molecule has 0 aliphatic rings. The first-order valence-electron chi connectivity index (χ1n) is 8.71. The summed E-state index contributed by atoms with van der Waals surface area (Å²) in [6, 6.07) is 16.2. The number of allylic oxidation sites excluding steroid dienone is 1. The molecule has 1 amide bonds. The minimum Gasteiger partial charge on any atom is -0.497 e. The standard InChI is InChI=1S/C22H24N2O2/c1-15(2)12-22(25)24-13-19(16-8-10-17(26-3)11-9-16)20-14-23-21-7-5-4-6-18(20)21/h4-12,14,19,23H,13H2,1-3H3,(H,24,25). The fourth-order valence-corrected chi connectivity index (χ4v) is 3.14. The topological polar surface area (TPSA) is 54.1 Å². The van der Waals surface area contributed by atoms with Gasteiger partial charge in [0.1, 0.15) is 5.75 Å². The van der Waals surface area contributed by atoms with Gasteiger partial charge in [0.2, 0.25) is 5.91 Å². The van der Waals surface area contributed by atoms with Gasteiger partial charge in [0, 0.05) is 35.6 Å². The van der Waals surface area contributed by atoms with Gasteiger partial charge < -0.3 is 15.0 Å². The number of hydrogen-bond acceptors (Lipinski definition) is 2. The SMILES string of the molecule is COc1ccc(C(CNC(=O)C=C(C)C)c2c[nH]c3ccccc23)cc1. The van der Waals surface area contributed by atoms with Crippen LogP contribution in [0.25, 0.3) is 10.9 Å². The highest BCUT2D eigenvalue weighted by Crippen LogP contribution is 2.31. The van der Waals surface area contributed by atoms with Crippen LogP contribution in [0.2, 0.25) is 0 Å². The maximum atomic E-state index is 12.1. The zero-order valence-corrected chi connectivity index (χ0v) is 15.4. The minimum absolute atomic E-state index is 0.0477. The Morgan fingerprint density at radius 3 is 2.58 bits per heavy atom. The van der Waals surface area contributed by atoms with Crippen LogP contribution in [0.4, 0.5) is 0 Å². The molecule has 0 aliphatic heterocycles. The third-order valence-corrected chi connectivity index (χ3v) is 4.42. The molecule has 4 nitrogen and oxygen atoms in total. The van der Waals surface area contributed by atoms with Gasteiger partial charge in [0.15, 0.2) is 0 Å². The summed E-state index contributed by atoms with van der Waals surface area (Å²) < 4.78 is 5.27. The molecule has 1 unspecified atom stereocenters. The summed E-state index contributed by atoms with van der Waals surface area (Å²) in [6.07, 6.45) is 3.66. The molecule has 0 aliphatic carbocycles. The van der Waals surface area contributed by atoms with Crippen LogP contribution in [-0.2, 0) is 4.79 Å². The zero-order chi connectivity index (χ0) is 18.5. The number of carbonyl (C=O) groups is 1. The van der Waals surface area contributed by atoms with Crippen molar-refractivity contribution in [2.24, 2.45) is 0 Å². The number of rotatable bonds is 6. The predicted molar refractivity (Wildman–Crippen MR) is 106 cm³/mol. The van der Waals surface area contributed by atoms with Crippen molar-refractivity contribution < 1.29 is 9.53 Å². The third-order valence-electron chi connectivity index (χ3n) is 4.42. The summed E-state index contributed by atoms with van der Waals surface area (Å²) in [5.41, 5.74) is 4.38. The molecule has 0 bridgehead atoms. The molecule has 0 saturated heterocycles. The van der Waals surface area contributed by atoms with Crippen LogP contribution in [0.5, 0.6) is 5.75 Å². The lowest BCUT2D eigenvalue weighted by Gasteiger charge is -2.18. The number of aromatic amines is 1. The number of amides is 1. The Kier molecular flexibility index (Phi) is 5.42. The number of methoxy groups -OCH3 is 1. The fourth-order valence-electron chi connectivity index (χ4n) is 3.14. The molecular weight excluding hydrogens is 324 g/mol. The third kappa shape index (κ3) is 3.97. The van der Waals surface area contributed by atoms with E-state index in [2.05, 4.69) is 34.6 Å². The molecule has 0 saturated carbocycles. The maximum Gasteiger partial charge on any atom is 0.243 e. The van der Waals surface area contributed by atoms with E-state index in [0.717, 1.165) is 22.4 Å². The van der Waals surface area contributed by atoms with Crippen molar-refractivity contribution in [3.05, 3.63) is 77.5 Å². The van der Waals surface area contributed by atoms with E-state index < -0.39 is 0 Å². The van der Waals surface area contributed by atoms with Crippen LogP contribution >= 0.6 is 0 Å². The molecule has 3 rings (SSSR count). The number of para-hydroxylation sites is 1. The van der Waals surface area contributed by atoms with E-state index in [4.69, 9.17) is 4.74 Å². The van der Waals surface area contributed by atoms with Gasteiger partial charge in [-0.25, -0.2) is 0 Å². The number of hydrogen-bond donors (Lipinski definition) is 2. The average Bonchev–Trinajstić information content (AvgIpc) is 3.06. The van der Waals surface area contributed by atoms with E-state index in [9.17, 15) is 4.79 Å². The first-order chi connectivity index (χ1) is 12.6. The van der Waals surface area contributed by atoms with Crippen molar-refractivity contribution in [2.45, 2.75) is 19.8 Å². The molecule has 1 aromatic heterocycles. The van der Waals surface area contributed by atoms with Gasteiger partial charge in [0.05, 0.1) is 7.11 Å². The summed E-state index contributed by atoms with van der Waals surface area (Å²) in [4.78, 5) is 15.4. The van der Waals surface area contributed by atoms with Crippen LogP contribution in [0.15, 0.2) is 66.4 Å². The van der Waals surface area contributed by atoms with Gasteiger partial charge in [-0.05, 0) is 43.2 Å². The summed E-state index contributed by atoms with van der Waals surface area (Å²) in [5, 5.41) is 4.20. The molecule has 1 atom stereocenters. The molecular formula is C22H24N2O2. The monoisotopic (exact) mass is 348 g/mol. The molecule has 3 aromatic rings. The van der Waals surface area contributed by atoms with Crippen molar-refractivity contribution in [1.29, 1.82) is 0 Å². The second-order valence-corrected chi connectivity index (χ2v) is 6.58. The molecule has 4 heteroatoms. The van der Waals surface area contributed by atoms with Crippen molar-refractivity contribution in [3.8, 4) is 5.75 Å². The Morgan fingerprint density at radius 2 is 1.88 bits per heavy atom. The van der Waals surface area contributed by atoms with Crippen LogP contribution < -0.4 is 10.1 Å². The quantitative estimate of drug-likeness (QED) is 0.649. The smallest absolute Gasteiger partial charge is 0.243 e. The number of benzene rings is 2. The van der Waals surface area contributed by atoms with Crippen LogP contribution in [0, 0.1) is 0 Å². The van der Waals surface area contributed by atoms with Crippen molar-refractivity contribution >= 4 is 16.8 Å². The Labute approximate surface area is 153 Å². The Balaban J connectivity index is 1.95. The second kappa shape index (κ2) is 7.91. The van der Waals surface area contributed by atoms with Crippen molar-refractivity contribution in [3.63, 3.8) is 0 Å². The van der Waals surface area contributed by atoms with E-state index in [0.29, 0.717) is 6.54 Å². The molecule has 2 N–H and O–H groups in total. The number of carbonyl (C=O) groups excluding carboxylic acids is 1. The number of ether oxygens (including phenoxy) is 1. The van der Waals surface area contributed by atoms with E-state index in [1.165, 1.54) is 10.9 Å². The highest BCUT2D eigenvalue weighted by atomic mass is 16.5. The Morgan fingerprint density at radius 1 is 1.15 bits per heavy atom. The first kappa shape index (κ1) is 17.8. The number of nitrogens with one attached hydrogen (secondary N) is 2. The highest BCUT2D eigenvalue weighted by Gasteiger charge is 2.19. The lowest BCUT2D eigenvalue weighted by Crippen LogP contribution is -2.27. The largest absolute Gasteiger partial charge is 0.497 e. The molecule has 2 aromatic carbocycles. The Hall–Kier alpha value is -3.01. The first-order valence-corrected chi connectivity index (χ1v) is 8.71. The summed E-state index contributed by atoms with van der Waals surface area (Å²) >= 11 is 0. The number of H-pyrrole nitrogens is 1. The van der Waals surface area contributed by atoms with Crippen LogP contribution in [0.1, 0.15) is 30.9 Å². The summed E-state index contributed by atoms with van der Waals surface area (Å²) in [6.45, 7) is 4.36. The molecule has 0 fully saturated rings. The maximum absolute atomic E-state index is 12.1. The van der Waals surface area contributed by atoms with E-state index >= 15 is 0 Å². The second-order valence-electron chi connectivity index (χ2n) is 6.58. The zero-order valence-electron chi connectivity index (χ0n) is 15.4. The van der Waals surface area contributed by atoms with E-state index in [1.807, 2.05) is 44.3 Å². The predicted octanol–water partition coefficient (Wildman–Crippen LogP) is 4.39. The van der Waals surface area contributed by atoms with Crippen molar-refractivity contribution in [2.75, 3.05) is 13.7 Å². The number of fused-ring (bicyclic) bond motifs is 1. The van der Waals surface area contributed by atoms with Gasteiger partial charge in [0.25, 0.3) is 0 Å². The van der Waals surface area contributed by atoms with E-state index in [-0.39, 0.29) is 11.8 Å².